The van der Waals surface area contributed by atoms with Crippen molar-refractivity contribution in [1.82, 2.24) is 4.90 Å². The first-order valence-corrected chi connectivity index (χ1v) is 4.70. The monoisotopic (exact) mass is 169 g/mol. The fraction of sp³-hybridized carbons (Fsp3) is 0.889. The van der Waals surface area contributed by atoms with Gasteiger partial charge < -0.3 is 4.74 Å². The summed E-state index contributed by atoms with van der Waals surface area (Å²) in [6.07, 6.45) is 2.64. The SMILES string of the molecule is O=C1CCN(C2CCOC2)CC1. The van der Waals surface area contributed by atoms with Gasteiger partial charge in [-0.3, -0.25) is 9.69 Å². The molecule has 0 N–H and O–H groups in total. The smallest absolute Gasteiger partial charge is 0.135 e. The summed E-state index contributed by atoms with van der Waals surface area (Å²) in [5.74, 6) is 0.421. The Hall–Kier alpha value is -0.410. The van der Waals surface area contributed by atoms with Crippen LogP contribution in [-0.2, 0) is 9.53 Å². The van der Waals surface area contributed by atoms with Gasteiger partial charge in [-0.05, 0) is 6.42 Å². The summed E-state index contributed by atoms with van der Waals surface area (Å²) < 4.78 is 5.31. The molecule has 3 nitrogen and oxygen atoms in total. The molecule has 12 heavy (non-hydrogen) atoms. The van der Waals surface area contributed by atoms with E-state index in [0.29, 0.717) is 11.8 Å². The van der Waals surface area contributed by atoms with Crippen molar-refractivity contribution < 1.29 is 9.53 Å². The standard InChI is InChI=1S/C9H15NO2/c11-9-1-4-10(5-2-9)8-3-6-12-7-8/h8H,1-7H2. The number of Topliss-reactive ketones (excluding diaryl/α,β-unsaturated/α-hetero) is 1. The average molecular weight is 169 g/mol. The fourth-order valence-electron chi connectivity index (χ4n) is 1.95. The molecule has 2 aliphatic rings. The zero-order valence-electron chi connectivity index (χ0n) is 7.29. The molecule has 2 saturated heterocycles. The van der Waals surface area contributed by atoms with Gasteiger partial charge in [-0.2, -0.15) is 0 Å². The van der Waals surface area contributed by atoms with E-state index in [1.807, 2.05) is 0 Å². The molecule has 0 spiro atoms. The first-order chi connectivity index (χ1) is 5.86. The third-order valence-corrected chi connectivity index (χ3v) is 2.78. The molecule has 2 fully saturated rings. The lowest BCUT2D eigenvalue weighted by molar-refractivity contribution is -0.121. The van der Waals surface area contributed by atoms with Gasteiger partial charge in [-0.1, -0.05) is 0 Å². The molecule has 0 saturated carbocycles. The van der Waals surface area contributed by atoms with Crippen LogP contribution in [0.3, 0.4) is 0 Å². The van der Waals surface area contributed by atoms with Crippen LogP contribution in [0, 0.1) is 0 Å². The van der Waals surface area contributed by atoms with Crippen molar-refractivity contribution in [2.24, 2.45) is 0 Å². The Morgan fingerprint density at radius 1 is 1.33 bits per heavy atom. The van der Waals surface area contributed by atoms with Gasteiger partial charge in [0.1, 0.15) is 5.78 Å². The number of ketones is 1. The van der Waals surface area contributed by atoms with Gasteiger partial charge in [0.15, 0.2) is 0 Å². The topological polar surface area (TPSA) is 29.5 Å². The third-order valence-electron chi connectivity index (χ3n) is 2.78. The van der Waals surface area contributed by atoms with E-state index in [-0.39, 0.29) is 0 Å². The van der Waals surface area contributed by atoms with Crippen LogP contribution in [0.25, 0.3) is 0 Å². The lowest BCUT2D eigenvalue weighted by atomic mass is 10.1. The minimum absolute atomic E-state index is 0.421. The zero-order valence-corrected chi connectivity index (χ0v) is 7.29. The molecule has 2 heterocycles. The van der Waals surface area contributed by atoms with Crippen LogP contribution in [0.15, 0.2) is 0 Å². The Morgan fingerprint density at radius 3 is 2.67 bits per heavy atom. The number of rotatable bonds is 1. The highest BCUT2D eigenvalue weighted by molar-refractivity contribution is 5.79. The molecule has 0 radical (unpaired) electrons. The summed E-state index contributed by atoms with van der Waals surface area (Å²) in [5, 5.41) is 0. The van der Waals surface area contributed by atoms with Crippen molar-refractivity contribution in [3.63, 3.8) is 0 Å². The van der Waals surface area contributed by atoms with E-state index in [9.17, 15) is 4.79 Å². The summed E-state index contributed by atoms with van der Waals surface area (Å²) in [5.41, 5.74) is 0. The van der Waals surface area contributed by atoms with Gasteiger partial charge in [-0.15, -0.1) is 0 Å². The minimum atomic E-state index is 0.421. The first-order valence-electron chi connectivity index (χ1n) is 4.70. The highest BCUT2D eigenvalue weighted by Crippen LogP contribution is 2.16. The predicted molar refractivity (Wildman–Crippen MR) is 45.0 cm³/mol. The van der Waals surface area contributed by atoms with E-state index in [4.69, 9.17) is 4.74 Å². The zero-order chi connectivity index (χ0) is 8.39. The Kier molecular flexibility index (Phi) is 2.42. The van der Waals surface area contributed by atoms with Crippen molar-refractivity contribution in [3.05, 3.63) is 0 Å². The van der Waals surface area contributed by atoms with E-state index >= 15 is 0 Å². The second kappa shape index (κ2) is 3.54. The van der Waals surface area contributed by atoms with Gasteiger partial charge >= 0.3 is 0 Å². The average Bonchev–Trinajstić information content (AvgIpc) is 2.58. The largest absolute Gasteiger partial charge is 0.380 e. The Balaban J connectivity index is 1.84. The lowest BCUT2D eigenvalue weighted by Gasteiger charge is -2.30. The molecule has 0 aromatic rings. The number of carbonyl (C=O) groups is 1. The number of likely N-dealkylation sites (tertiary alicyclic amines) is 1. The van der Waals surface area contributed by atoms with Gasteiger partial charge in [-0.25, -0.2) is 0 Å². The fourth-order valence-corrected chi connectivity index (χ4v) is 1.95. The molecule has 0 aliphatic carbocycles. The van der Waals surface area contributed by atoms with Crippen LogP contribution in [0.5, 0.6) is 0 Å². The van der Waals surface area contributed by atoms with Crippen molar-refractivity contribution >= 4 is 5.78 Å². The normalized spacial score (nSPS) is 32.7. The Morgan fingerprint density at radius 2 is 2.08 bits per heavy atom. The number of carbonyl (C=O) groups excluding carboxylic acids is 1. The summed E-state index contributed by atoms with van der Waals surface area (Å²) in [4.78, 5) is 13.4. The van der Waals surface area contributed by atoms with Crippen molar-refractivity contribution in [2.45, 2.75) is 25.3 Å². The lowest BCUT2D eigenvalue weighted by Crippen LogP contribution is -2.41. The van der Waals surface area contributed by atoms with Crippen LogP contribution in [-0.4, -0.2) is 43.0 Å². The third kappa shape index (κ3) is 1.67. The molecule has 0 aromatic carbocycles. The summed E-state index contributed by atoms with van der Waals surface area (Å²) in [6.45, 7) is 3.67. The molecule has 0 bridgehead atoms. The van der Waals surface area contributed by atoms with E-state index < -0.39 is 0 Å². The number of ether oxygens (including phenoxy) is 1. The van der Waals surface area contributed by atoms with E-state index in [1.165, 1.54) is 0 Å². The molecule has 0 amide bonds. The van der Waals surface area contributed by atoms with Gasteiger partial charge in [0.2, 0.25) is 0 Å². The second-order valence-electron chi connectivity index (χ2n) is 3.59. The van der Waals surface area contributed by atoms with Gasteiger partial charge in [0.05, 0.1) is 6.61 Å². The molecule has 2 rings (SSSR count). The number of nitrogens with zero attached hydrogens (tertiary/aromatic N) is 1. The molecule has 2 aliphatic heterocycles. The molecule has 3 heteroatoms. The number of hydrogen-bond donors (Lipinski definition) is 0. The van der Waals surface area contributed by atoms with Crippen LogP contribution in [0.4, 0.5) is 0 Å². The van der Waals surface area contributed by atoms with Crippen molar-refractivity contribution in [2.75, 3.05) is 26.3 Å². The van der Waals surface area contributed by atoms with Crippen LogP contribution < -0.4 is 0 Å². The van der Waals surface area contributed by atoms with Gasteiger partial charge in [0.25, 0.3) is 0 Å². The number of hydrogen-bond acceptors (Lipinski definition) is 3. The summed E-state index contributed by atoms with van der Waals surface area (Å²) in [7, 11) is 0. The highest BCUT2D eigenvalue weighted by atomic mass is 16.5. The highest BCUT2D eigenvalue weighted by Gasteiger charge is 2.26. The van der Waals surface area contributed by atoms with Crippen molar-refractivity contribution in [1.29, 1.82) is 0 Å². The summed E-state index contributed by atoms with van der Waals surface area (Å²) in [6, 6.07) is 0.595. The maximum absolute atomic E-state index is 11.0. The quantitative estimate of drug-likeness (QED) is 0.570. The van der Waals surface area contributed by atoms with Gasteiger partial charge in [0, 0.05) is 38.6 Å². The van der Waals surface area contributed by atoms with Crippen LogP contribution >= 0.6 is 0 Å². The molecule has 1 atom stereocenters. The summed E-state index contributed by atoms with van der Waals surface area (Å²) >= 11 is 0. The maximum atomic E-state index is 11.0. The molecule has 68 valence electrons. The molecule has 0 aromatic heterocycles. The van der Waals surface area contributed by atoms with Crippen LogP contribution in [0.2, 0.25) is 0 Å². The van der Waals surface area contributed by atoms with Crippen LogP contribution in [0.1, 0.15) is 19.3 Å². The first kappa shape index (κ1) is 8.20. The Bertz CT molecular complexity index is 165. The maximum Gasteiger partial charge on any atom is 0.135 e. The van der Waals surface area contributed by atoms with E-state index in [1.54, 1.807) is 0 Å². The Labute approximate surface area is 72.7 Å². The number of piperidine rings is 1. The van der Waals surface area contributed by atoms with Crippen molar-refractivity contribution in [3.8, 4) is 0 Å². The predicted octanol–water partition coefficient (Wildman–Crippen LogP) is 0.440. The molecule has 1 unspecified atom stereocenters. The molecular formula is C9H15NO2. The minimum Gasteiger partial charge on any atom is -0.380 e. The second-order valence-corrected chi connectivity index (χ2v) is 3.59. The molecular weight excluding hydrogens is 154 g/mol. The van der Waals surface area contributed by atoms with E-state index in [2.05, 4.69) is 4.90 Å². The van der Waals surface area contributed by atoms with E-state index in [0.717, 1.165) is 45.6 Å².